The van der Waals surface area contributed by atoms with Crippen molar-refractivity contribution in [1.82, 2.24) is 14.8 Å². The molecule has 3 aromatic rings. The predicted octanol–water partition coefficient (Wildman–Crippen LogP) is 3.33. The first-order chi connectivity index (χ1) is 12.1. The molecule has 130 valence electrons. The van der Waals surface area contributed by atoms with Crippen LogP contribution in [0.3, 0.4) is 0 Å². The lowest BCUT2D eigenvalue weighted by Gasteiger charge is -2.09. The van der Waals surface area contributed by atoms with E-state index in [-0.39, 0.29) is 12.4 Å². The van der Waals surface area contributed by atoms with Crippen LogP contribution in [0.2, 0.25) is 5.02 Å². The molecule has 0 aliphatic heterocycles. The van der Waals surface area contributed by atoms with E-state index in [1.165, 1.54) is 0 Å². The van der Waals surface area contributed by atoms with Crippen molar-refractivity contribution in [3.63, 3.8) is 0 Å². The van der Waals surface area contributed by atoms with Gasteiger partial charge in [-0.15, -0.1) is 10.2 Å². The van der Waals surface area contributed by atoms with Gasteiger partial charge < -0.3 is 14.3 Å². The average Bonchev–Trinajstić information content (AvgIpc) is 3.23. The Morgan fingerprint density at radius 1 is 1.28 bits per heavy atom. The summed E-state index contributed by atoms with van der Waals surface area (Å²) in [6, 6.07) is 10.6. The van der Waals surface area contributed by atoms with Crippen LogP contribution in [-0.2, 0) is 17.9 Å². The van der Waals surface area contributed by atoms with Crippen LogP contribution in [0.1, 0.15) is 11.6 Å². The number of hydrogen-bond acceptors (Lipinski definition) is 6. The zero-order valence-corrected chi connectivity index (χ0v) is 14.5. The van der Waals surface area contributed by atoms with E-state index < -0.39 is 5.97 Å². The molecule has 1 N–H and O–H groups in total. The van der Waals surface area contributed by atoms with E-state index >= 15 is 0 Å². The molecular formula is C16H14ClN3O4S. The van der Waals surface area contributed by atoms with Crippen LogP contribution in [0, 0.1) is 0 Å². The largest absolute Gasteiger partial charge is 0.486 e. The number of carboxylic acids is 1. The third-order valence-electron chi connectivity index (χ3n) is 3.19. The van der Waals surface area contributed by atoms with Crippen LogP contribution in [-0.4, -0.2) is 31.6 Å². The standard InChI is InChI=1S/C16H14ClN3O4S/c17-11-3-5-12(6-4-11)24-9-14-18-19-16(25-10-15(21)22)20(14)8-13-2-1-7-23-13/h1-7H,8-10H2,(H,21,22). The van der Waals surface area contributed by atoms with Gasteiger partial charge in [0.1, 0.15) is 18.1 Å². The first kappa shape index (κ1) is 17.4. The minimum Gasteiger partial charge on any atom is -0.486 e. The zero-order chi connectivity index (χ0) is 17.6. The minimum absolute atomic E-state index is 0.103. The van der Waals surface area contributed by atoms with Gasteiger partial charge in [0.05, 0.1) is 18.6 Å². The Bertz CT molecular complexity index is 834. The highest BCUT2D eigenvalue weighted by atomic mass is 35.5. The van der Waals surface area contributed by atoms with Crippen LogP contribution in [0.15, 0.2) is 52.2 Å². The molecule has 0 fully saturated rings. The maximum absolute atomic E-state index is 10.8. The van der Waals surface area contributed by atoms with Crippen molar-refractivity contribution >= 4 is 29.3 Å². The number of ether oxygens (including phenoxy) is 1. The second-order valence-corrected chi connectivity index (χ2v) is 6.37. The van der Waals surface area contributed by atoms with E-state index in [1.54, 1.807) is 41.2 Å². The quantitative estimate of drug-likeness (QED) is 0.600. The monoisotopic (exact) mass is 379 g/mol. The van der Waals surface area contributed by atoms with E-state index in [0.717, 1.165) is 11.8 Å². The number of thioether (sulfide) groups is 1. The lowest BCUT2D eigenvalue weighted by Crippen LogP contribution is -2.10. The molecule has 0 aliphatic rings. The topological polar surface area (TPSA) is 90.4 Å². The molecule has 7 nitrogen and oxygen atoms in total. The van der Waals surface area contributed by atoms with Gasteiger partial charge in [0.15, 0.2) is 11.0 Å². The highest BCUT2D eigenvalue weighted by Gasteiger charge is 2.16. The Labute approximate surface area is 152 Å². The summed E-state index contributed by atoms with van der Waals surface area (Å²) in [7, 11) is 0. The molecule has 0 bridgehead atoms. The van der Waals surface area contributed by atoms with E-state index in [4.69, 9.17) is 25.9 Å². The lowest BCUT2D eigenvalue weighted by molar-refractivity contribution is -0.133. The molecule has 0 aliphatic carbocycles. The molecule has 2 heterocycles. The maximum Gasteiger partial charge on any atom is 0.313 e. The SMILES string of the molecule is O=C(O)CSc1nnc(COc2ccc(Cl)cc2)n1Cc1ccco1. The normalized spacial score (nSPS) is 10.8. The molecule has 0 atom stereocenters. The number of halogens is 1. The Kier molecular flexibility index (Phi) is 5.62. The molecule has 0 saturated heterocycles. The Morgan fingerprint density at radius 3 is 2.76 bits per heavy atom. The molecule has 1 aromatic carbocycles. The summed E-state index contributed by atoms with van der Waals surface area (Å²) in [5, 5.41) is 18.2. The summed E-state index contributed by atoms with van der Waals surface area (Å²) < 4.78 is 12.8. The van der Waals surface area contributed by atoms with Crippen LogP contribution in [0.5, 0.6) is 5.75 Å². The first-order valence-corrected chi connectivity index (χ1v) is 8.65. The second-order valence-electron chi connectivity index (χ2n) is 4.99. The van der Waals surface area contributed by atoms with E-state index in [1.807, 2.05) is 6.07 Å². The summed E-state index contributed by atoms with van der Waals surface area (Å²) in [5.41, 5.74) is 0. The van der Waals surface area contributed by atoms with Crippen LogP contribution >= 0.6 is 23.4 Å². The van der Waals surface area contributed by atoms with Gasteiger partial charge in [-0.2, -0.15) is 0 Å². The Balaban J connectivity index is 1.76. The van der Waals surface area contributed by atoms with Gasteiger partial charge >= 0.3 is 5.97 Å². The van der Waals surface area contributed by atoms with Crippen LogP contribution in [0.25, 0.3) is 0 Å². The molecule has 3 rings (SSSR count). The molecule has 25 heavy (non-hydrogen) atoms. The van der Waals surface area contributed by atoms with Crippen molar-refractivity contribution in [2.75, 3.05) is 5.75 Å². The van der Waals surface area contributed by atoms with Gasteiger partial charge in [-0.3, -0.25) is 9.36 Å². The Hall–Kier alpha value is -2.45. The number of nitrogens with zero attached hydrogens (tertiary/aromatic N) is 3. The van der Waals surface area contributed by atoms with Gasteiger partial charge in [0.25, 0.3) is 0 Å². The lowest BCUT2D eigenvalue weighted by atomic mass is 10.3. The third-order valence-corrected chi connectivity index (χ3v) is 4.40. The summed E-state index contributed by atoms with van der Waals surface area (Å²) in [5.74, 6) is 0.908. The van der Waals surface area contributed by atoms with Gasteiger partial charge in [0.2, 0.25) is 0 Å². The second kappa shape index (κ2) is 8.09. The number of rotatable bonds is 8. The van der Waals surface area contributed by atoms with Crippen molar-refractivity contribution in [1.29, 1.82) is 0 Å². The number of aliphatic carboxylic acids is 1. The van der Waals surface area contributed by atoms with Gasteiger partial charge in [-0.25, -0.2) is 0 Å². The number of hydrogen-bond donors (Lipinski definition) is 1. The summed E-state index contributed by atoms with van der Waals surface area (Å²) in [6.07, 6.45) is 1.58. The van der Waals surface area contributed by atoms with E-state index in [0.29, 0.717) is 34.1 Å². The van der Waals surface area contributed by atoms with Gasteiger partial charge in [0, 0.05) is 5.02 Å². The smallest absolute Gasteiger partial charge is 0.313 e. The maximum atomic E-state index is 10.8. The third kappa shape index (κ3) is 4.77. The van der Waals surface area contributed by atoms with Crippen molar-refractivity contribution in [3.8, 4) is 5.75 Å². The van der Waals surface area contributed by atoms with E-state index in [2.05, 4.69) is 10.2 Å². The molecule has 2 aromatic heterocycles. The Morgan fingerprint density at radius 2 is 2.08 bits per heavy atom. The molecule has 0 radical (unpaired) electrons. The summed E-state index contributed by atoms with van der Waals surface area (Å²) in [6.45, 7) is 0.574. The molecule has 0 spiro atoms. The van der Waals surface area contributed by atoms with Crippen molar-refractivity contribution in [2.45, 2.75) is 18.3 Å². The molecular weight excluding hydrogens is 366 g/mol. The van der Waals surface area contributed by atoms with Crippen molar-refractivity contribution in [2.24, 2.45) is 0 Å². The van der Waals surface area contributed by atoms with Crippen LogP contribution < -0.4 is 4.74 Å². The van der Waals surface area contributed by atoms with Crippen molar-refractivity contribution < 1.29 is 19.1 Å². The van der Waals surface area contributed by atoms with Crippen molar-refractivity contribution in [3.05, 3.63) is 59.3 Å². The first-order valence-electron chi connectivity index (χ1n) is 7.29. The number of aromatic nitrogens is 3. The fourth-order valence-corrected chi connectivity index (χ4v) is 2.86. The minimum atomic E-state index is -0.920. The number of carbonyl (C=O) groups is 1. The molecule has 0 saturated carbocycles. The molecule has 0 amide bonds. The van der Waals surface area contributed by atoms with E-state index in [9.17, 15) is 4.79 Å². The molecule has 0 unspecified atom stereocenters. The summed E-state index contributed by atoms with van der Waals surface area (Å²) in [4.78, 5) is 10.8. The highest BCUT2D eigenvalue weighted by Crippen LogP contribution is 2.21. The fourth-order valence-electron chi connectivity index (χ4n) is 2.05. The summed E-state index contributed by atoms with van der Waals surface area (Å²) >= 11 is 6.95. The predicted molar refractivity (Wildman–Crippen MR) is 92.0 cm³/mol. The molecule has 9 heteroatoms. The van der Waals surface area contributed by atoms with Gasteiger partial charge in [-0.1, -0.05) is 23.4 Å². The number of benzene rings is 1. The fraction of sp³-hybridized carbons (Fsp3) is 0.188. The number of carboxylic acid groups (broad SMARTS) is 1. The van der Waals surface area contributed by atoms with Gasteiger partial charge in [-0.05, 0) is 36.4 Å². The van der Waals surface area contributed by atoms with Crippen LogP contribution in [0.4, 0.5) is 0 Å². The zero-order valence-electron chi connectivity index (χ0n) is 13.0. The number of furan rings is 1. The average molecular weight is 380 g/mol. The highest BCUT2D eigenvalue weighted by molar-refractivity contribution is 7.99.